The first kappa shape index (κ1) is 13.8. The third kappa shape index (κ3) is 4.63. The van der Waals surface area contributed by atoms with Crippen LogP contribution in [0.4, 0.5) is 4.79 Å². The Morgan fingerprint density at radius 2 is 2.18 bits per heavy atom. The largest absolute Gasteiger partial charge is 0.444 e. The lowest BCUT2D eigenvalue weighted by atomic mass is 10.0. The fraction of sp³-hybridized carbons (Fsp3) is 0.833. The third-order valence-corrected chi connectivity index (χ3v) is 2.69. The van der Waals surface area contributed by atoms with Gasteiger partial charge in [0.15, 0.2) is 0 Å². The molecule has 0 aromatic rings. The second-order valence-corrected chi connectivity index (χ2v) is 5.35. The first-order valence-corrected chi connectivity index (χ1v) is 6.10. The molecule has 17 heavy (non-hydrogen) atoms. The highest BCUT2D eigenvalue weighted by Crippen LogP contribution is 2.19. The minimum Gasteiger partial charge on any atom is -0.444 e. The van der Waals surface area contributed by atoms with Gasteiger partial charge in [0.05, 0.1) is 6.04 Å². The monoisotopic (exact) mass is 242 g/mol. The molecule has 5 nitrogen and oxygen atoms in total. The van der Waals surface area contributed by atoms with Crippen LogP contribution in [0, 0.1) is 0 Å². The minimum absolute atomic E-state index is 0.0591. The maximum absolute atomic E-state index is 12.0. The topological polar surface area (TPSA) is 58.6 Å². The van der Waals surface area contributed by atoms with E-state index in [4.69, 9.17) is 4.74 Å². The number of hydrogen-bond donors (Lipinski definition) is 1. The maximum Gasteiger partial charge on any atom is 0.410 e. The zero-order valence-electron chi connectivity index (χ0n) is 10.9. The molecule has 1 rings (SSSR count). The van der Waals surface area contributed by atoms with Crippen LogP contribution < -0.4 is 5.32 Å². The Hall–Kier alpha value is -1.26. The van der Waals surface area contributed by atoms with E-state index in [1.165, 1.54) is 0 Å². The van der Waals surface area contributed by atoms with E-state index < -0.39 is 5.60 Å². The second-order valence-electron chi connectivity index (χ2n) is 5.35. The van der Waals surface area contributed by atoms with E-state index >= 15 is 0 Å². The number of piperidine rings is 1. The Labute approximate surface area is 102 Å². The Balaban J connectivity index is 2.57. The molecule has 1 saturated heterocycles. The molecule has 1 unspecified atom stereocenters. The zero-order valence-corrected chi connectivity index (χ0v) is 10.9. The fourth-order valence-corrected chi connectivity index (χ4v) is 1.96. The van der Waals surface area contributed by atoms with E-state index in [0.717, 1.165) is 19.3 Å². The van der Waals surface area contributed by atoms with Crippen molar-refractivity contribution in [3.63, 3.8) is 0 Å². The average Bonchev–Trinajstić information content (AvgIpc) is 2.24. The summed E-state index contributed by atoms with van der Waals surface area (Å²) < 4.78 is 5.36. The standard InChI is InChI=1S/C12H22N2O3/c1-12(2,3)17-11(16)14-7-5-4-6-10(14)8-13-9-15/h9-10H,4-8H2,1-3H3,(H,13,15). The number of amides is 2. The summed E-state index contributed by atoms with van der Waals surface area (Å²) in [5.74, 6) is 0. The number of carbonyl (C=O) groups excluding carboxylic acids is 2. The van der Waals surface area contributed by atoms with Crippen LogP contribution in [0.5, 0.6) is 0 Å². The summed E-state index contributed by atoms with van der Waals surface area (Å²) in [6.07, 6.45) is 3.39. The van der Waals surface area contributed by atoms with Crippen LogP contribution in [0.1, 0.15) is 40.0 Å². The summed E-state index contributed by atoms with van der Waals surface area (Å²) in [5.41, 5.74) is -0.475. The van der Waals surface area contributed by atoms with E-state index in [9.17, 15) is 9.59 Å². The molecule has 1 aliphatic rings. The molecule has 1 heterocycles. The molecule has 0 radical (unpaired) electrons. The fourth-order valence-electron chi connectivity index (χ4n) is 1.96. The predicted octanol–water partition coefficient (Wildman–Crippen LogP) is 1.52. The van der Waals surface area contributed by atoms with Gasteiger partial charge < -0.3 is 15.0 Å². The van der Waals surface area contributed by atoms with Crippen molar-refractivity contribution in [3.05, 3.63) is 0 Å². The van der Waals surface area contributed by atoms with Crippen LogP contribution in [0.15, 0.2) is 0 Å². The summed E-state index contributed by atoms with van der Waals surface area (Å²) in [6.45, 7) is 6.78. The lowest BCUT2D eigenvalue weighted by Crippen LogP contribution is -2.49. The van der Waals surface area contributed by atoms with Crippen molar-refractivity contribution in [3.8, 4) is 0 Å². The molecule has 5 heteroatoms. The number of likely N-dealkylation sites (tertiary alicyclic amines) is 1. The van der Waals surface area contributed by atoms with Gasteiger partial charge >= 0.3 is 6.09 Å². The van der Waals surface area contributed by atoms with Gasteiger partial charge in [-0.15, -0.1) is 0 Å². The molecule has 98 valence electrons. The van der Waals surface area contributed by atoms with Gasteiger partial charge in [0.25, 0.3) is 0 Å². The number of nitrogens with zero attached hydrogens (tertiary/aromatic N) is 1. The molecule has 2 amide bonds. The van der Waals surface area contributed by atoms with Gasteiger partial charge in [-0.1, -0.05) is 0 Å². The molecule has 0 spiro atoms. The van der Waals surface area contributed by atoms with Crippen LogP contribution >= 0.6 is 0 Å². The summed E-state index contributed by atoms with van der Waals surface area (Å²) >= 11 is 0. The van der Waals surface area contributed by atoms with Crippen molar-refractivity contribution in [2.24, 2.45) is 0 Å². The zero-order chi connectivity index (χ0) is 12.9. The van der Waals surface area contributed by atoms with Gasteiger partial charge in [-0.2, -0.15) is 0 Å². The number of rotatable bonds is 3. The second kappa shape index (κ2) is 5.89. The molecule has 1 aliphatic heterocycles. The van der Waals surface area contributed by atoms with Gasteiger partial charge in [-0.3, -0.25) is 4.79 Å². The van der Waals surface area contributed by atoms with Gasteiger partial charge in [-0.25, -0.2) is 4.79 Å². The third-order valence-electron chi connectivity index (χ3n) is 2.69. The molecule has 0 saturated carbocycles. The van der Waals surface area contributed by atoms with Crippen molar-refractivity contribution >= 4 is 12.5 Å². The molecular formula is C12H22N2O3. The number of hydrogen-bond acceptors (Lipinski definition) is 3. The Morgan fingerprint density at radius 3 is 2.76 bits per heavy atom. The van der Waals surface area contributed by atoms with Crippen LogP contribution in [0.2, 0.25) is 0 Å². The molecule has 0 bridgehead atoms. The summed E-state index contributed by atoms with van der Waals surface area (Å²) in [4.78, 5) is 24.0. The quantitative estimate of drug-likeness (QED) is 0.763. The van der Waals surface area contributed by atoms with Crippen molar-refractivity contribution in [1.82, 2.24) is 10.2 Å². The average molecular weight is 242 g/mol. The smallest absolute Gasteiger partial charge is 0.410 e. The highest BCUT2D eigenvalue weighted by molar-refractivity contribution is 5.68. The van der Waals surface area contributed by atoms with Gasteiger partial charge in [0.1, 0.15) is 5.60 Å². The van der Waals surface area contributed by atoms with E-state index in [1.54, 1.807) is 4.90 Å². The molecule has 0 aliphatic carbocycles. The summed E-state index contributed by atoms with van der Waals surface area (Å²) in [5, 5.41) is 2.64. The van der Waals surface area contributed by atoms with E-state index in [1.807, 2.05) is 20.8 Å². The number of carbonyl (C=O) groups is 2. The van der Waals surface area contributed by atoms with E-state index in [2.05, 4.69) is 5.32 Å². The normalized spacial score (nSPS) is 20.9. The van der Waals surface area contributed by atoms with Crippen molar-refractivity contribution < 1.29 is 14.3 Å². The van der Waals surface area contributed by atoms with Crippen molar-refractivity contribution in [1.29, 1.82) is 0 Å². The van der Waals surface area contributed by atoms with Crippen LogP contribution in [-0.2, 0) is 9.53 Å². The predicted molar refractivity (Wildman–Crippen MR) is 64.6 cm³/mol. The van der Waals surface area contributed by atoms with Gasteiger partial charge in [0, 0.05) is 13.1 Å². The van der Waals surface area contributed by atoms with Crippen LogP contribution in [0.3, 0.4) is 0 Å². The Morgan fingerprint density at radius 1 is 1.47 bits per heavy atom. The highest BCUT2D eigenvalue weighted by atomic mass is 16.6. The molecule has 1 N–H and O–H groups in total. The Kier molecular flexibility index (Phi) is 4.78. The van der Waals surface area contributed by atoms with Crippen molar-refractivity contribution in [2.45, 2.75) is 51.7 Å². The maximum atomic E-state index is 12.0. The number of nitrogens with one attached hydrogen (secondary N) is 1. The Bertz CT molecular complexity index is 273. The first-order valence-electron chi connectivity index (χ1n) is 6.10. The van der Waals surface area contributed by atoms with Gasteiger partial charge in [0.2, 0.25) is 6.41 Å². The SMILES string of the molecule is CC(C)(C)OC(=O)N1CCCCC1CNC=O. The molecule has 1 atom stereocenters. The molecule has 1 fully saturated rings. The van der Waals surface area contributed by atoms with Gasteiger partial charge in [-0.05, 0) is 40.0 Å². The minimum atomic E-state index is -0.475. The van der Waals surface area contributed by atoms with E-state index in [-0.39, 0.29) is 12.1 Å². The lowest BCUT2D eigenvalue weighted by molar-refractivity contribution is -0.109. The van der Waals surface area contributed by atoms with Crippen LogP contribution in [0.25, 0.3) is 0 Å². The molecular weight excluding hydrogens is 220 g/mol. The molecule has 0 aromatic carbocycles. The van der Waals surface area contributed by atoms with Crippen LogP contribution in [-0.4, -0.2) is 42.1 Å². The number of ether oxygens (including phenoxy) is 1. The first-order chi connectivity index (χ1) is 7.94. The summed E-state index contributed by atoms with van der Waals surface area (Å²) in [6, 6.07) is 0.0591. The van der Waals surface area contributed by atoms with E-state index in [0.29, 0.717) is 19.5 Å². The summed E-state index contributed by atoms with van der Waals surface area (Å²) in [7, 11) is 0. The molecule has 0 aromatic heterocycles. The lowest BCUT2D eigenvalue weighted by Gasteiger charge is -2.36. The van der Waals surface area contributed by atoms with Crippen molar-refractivity contribution in [2.75, 3.05) is 13.1 Å². The highest BCUT2D eigenvalue weighted by Gasteiger charge is 2.29.